The Morgan fingerprint density at radius 1 is 0.903 bits per heavy atom. The summed E-state index contributed by atoms with van der Waals surface area (Å²) in [5.74, 6) is 0.953. The number of anilines is 2. The molecule has 0 saturated carbocycles. The zero-order chi connectivity index (χ0) is 21.2. The van der Waals surface area contributed by atoms with Crippen LogP contribution in [-0.2, 0) is 4.74 Å². The SMILES string of the molecule is N#Cc1c(N2CCOCC2)nc(N)c2c(-c3ccccc3)cc(-c3ccccc3)nc12. The van der Waals surface area contributed by atoms with Crippen molar-refractivity contribution in [3.63, 3.8) is 0 Å². The monoisotopic (exact) mass is 407 g/mol. The summed E-state index contributed by atoms with van der Waals surface area (Å²) >= 11 is 0. The van der Waals surface area contributed by atoms with Crippen LogP contribution in [0.3, 0.4) is 0 Å². The van der Waals surface area contributed by atoms with E-state index >= 15 is 0 Å². The summed E-state index contributed by atoms with van der Waals surface area (Å²) in [5.41, 5.74) is 11.2. The molecule has 1 aliphatic heterocycles. The Morgan fingerprint density at radius 2 is 1.55 bits per heavy atom. The maximum absolute atomic E-state index is 10.1. The Hall–Kier alpha value is -3.95. The van der Waals surface area contributed by atoms with E-state index < -0.39 is 0 Å². The van der Waals surface area contributed by atoms with Crippen LogP contribution in [0.5, 0.6) is 0 Å². The Morgan fingerprint density at radius 3 is 2.19 bits per heavy atom. The van der Waals surface area contributed by atoms with Crippen LogP contribution in [0.1, 0.15) is 5.56 Å². The molecule has 3 heterocycles. The van der Waals surface area contributed by atoms with E-state index in [1.165, 1.54) is 0 Å². The van der Waals surface area contributed by atoms with Crippen molar-refractivity contribution in [2.45, 2.75) is 0 Å². The summed E-state index contributed by atoms with van der Waals surface area (Å²) in [6.45, 7) is 2.52. The van der Waals surface area contributed by atoms with E-state index in [0.717, 1.165) is 22.4 Å². The highest BCUT2D eigenvalue weighted by Crippen LogP contribution is 2.38. The fraction of sp³-hybridized carbons (Fsp3) is 0.160. The molecule has 2 aromatic carbocycles. The van der Waals surface area contributed by atoms with E-state index in [0.29, 0.717) is 54.4 Å². The molecule has 6 heteroatoms. The third-order valence-electron chi connectivity index (χ3n) is 5.54. The highest BCUT2D eigenvalue weighted by molar-refractivity contribution is 6.06. The van der Waals surface area contributed by atoms with Gasteiger partial charge in [-0.25, -0.2) is 9.97 Å². The Labute approximate surface area is 180 Å². The lowest BCUT2D eigenvalue weighted by Crippen LogP contribution is -2.37. The number of pyridine rings is 2. The van der Waals surface area contributed by atoms with Gasteiger partial charge in [0.1, 0.15) is 17.5 Å². The van der Waals surface area contributed by atoms with Gasteiger partial charge in [-0.15, -0.1) is 0 Å². The molecule has 4 aromatic rings. The largest absolute Gasteiger partial charge is 0.383 e. The smallest absolute Gasteiger partial charge is 0.151 e. The average Bonchev–Trinajstić information content (AvgIpc) is 2.85. The topological polar surface area (TPSA) is 88.1 Å². The molecule has 2 N–H and O–H groups in total. The highest BCUT2D eigenvalue weighted by atomic mass is 16.5. The van der Waals surface area contributed by atoms with Gasteiger partial charge in [0.2, 0.25) is 0 Å². The maximum atomic E-state index is 10.1. The van der Waals surface area contributed by atoms with Crippen molar-refractivity contribution in [3.8, 4) is 28.5 Å². The van der Waals surface area contributed by atoms with Gasteiger partial charge in [-0.2, -0.15) is 5.26 Å². The second-order valence-corrected chi connectivity index (χ2v) is 7.42. The molecule has 1 aliphatic rings. The summed E-state index contributed by atoms with van der Waals surface area (Å²) in [7, 11) is 0. The molecule has 0 bridgehead atoms. The highest BCUT2D eigenvalue weighted by Gasteiger charge is 2.23. The number of nitrogens with zero attached hydrogens (tertiary/aromatic N) is 4. The molecule has 31 heavy (non-hydrogen) atoms. The minimum Gasteiger partial charge on any atom is -0.383 e. The van der Waals surface area contributed by atoms with Crippen LogP contribution >= 0.6 is 0 Å². The molecule has 0 atom stereocenters. The minimum absolute atomic E-state index is 0.376. The Kier molecular flexibility index (Phi) is 4.95. The van der Waals surface area contributed by atoms with Crippen LogP contribution in [0.15, 0.2) is 66.7 Å². The summed E-state index contributed by atoms with van der Waals surface area (Å²) in [6, 6.07) is 24.4. The number of morpholine rings is 1. The number of nitriles is 1. The molecule has 0 spiro atoms. The average molecular weight is 407 g/mol. The van der Waals surface area contributed by atoms with E-state index in [1.54, 1.807) is 0 Å². The normalized spacial score (nSPS) is 13.8. The number of hydrogen-bond donors (Lipinski definition) is 1. The summed E-state index contributed by atoms with van der Waals surface area (Å²) in [4.78, 5) is 11.6. The van der Waals surface area contributed by atoms with Crippen LogP contribution in [-0.4, -0.2) is 36.3 Å². The van der Waals surface area contributed by atoms with Gasteiger partial charge in [-0.1, -0.05) is 60.7 Å². The van der Waals surface area contributed by atoms with Crippen LogP contribution in [0.2, 0.25) is 0 Å². The van der Waals surface area contributed by atoms with Gasteiger partial charge in [0.25, 0.3) is 0 Å². The second-order valence-electron chi connectivity index (χ2n) is 7.42. The molecule has 5 rings (SSSR count). The summed E-state index contributed by atoms with van der Waals surface area (Å²) in [6.07, 6.45) is 0. The molecule has 152 valence electrons. The molecule has 0 radical (unpaired) electrons. The van der Waals surface area contributed by atoms with Gasteiger partial charge < -0.3 is 15.4 Å². The fourth-order valence-electron chi connectivity index (χ4n) is 4.03. The van der Waals surface area contributed by atoms with Crippen molar-refractivity contribution < 1.29 is 4.74 Å². The molecular weight excluding hydrogens is 386 g/mol. The van der Waals surface area contributed by atoms with Crippen LogP contribution < -0.4 is 10.6 Å². The third-order valence-corrected chi connectivity index (χ3v) is 5.54. The third kappa shape index (κ3) is 3.45. The fourth-order valence-corrected chi connectivity index (χ4v) is 4.03. The maximum Gasteiger partial charge on any atom is 0.151 e. The molecule has 0 amide bonds. The number of nitrogens with two attached hydrogens (primary N) is 1. The molecular formula is C25H21N5O. The van der Waals surface area contributed by atoms with E-state index in [1.807, 2.05) is 66.7 Å². The Balaban J connectivity index is 1.84. The number of aromatic nitrogens is 2. The van der Waals surface area contributed by atoms with Gasteiger partial charge in [0.15, 0.2) is 5.82 Å². The lowest BCUT2D eigenvalue weighted by molar-refractivity contribution is 0.122. The number of rotatable bonds is 3. The van der Waals surface area contributed by atoms with Crippen molar-refractivity contribution in [1.29, 1.82) is 5.26 Å². The predicted molar refractivity (Wildman–Crippen MR) is 123 cm³/mol. The summed E-state index contributed by atoms with van der Waals surface area (Å²) < 4.78 is 5.47. The molecule has 2 aromatic heterocycles. The van der Waals surface area contributed by atoms with E-state index in [4.69, 9.17) is 15.5 Å². The van der Waals surface area contributed by atoms with Crippen molar-refractivity contribution in [2.75, 3.05) is 36.9 Å². The van der Waals surface area contributed by atoms with Gasteiger partial charge in [0.05, 0.1) is 29.8 Å². The lowest BCUT2D eigenvalue weighted by Gasteiger charge is -2.29. The van der Waals surface area contributed by atoms with E-state index in [9.17, 15) is 5.26 Å². The molecule has 1 fully saturated rings. The van der Waals surface area contributed by atoms with Crippen molar-refractivity contribution in [3.05, 3.63) is 72.3 Å². The first-order valence-corrected chi connectivity index (χ1v) is 10.2. The van der Waals surface area contributed by atoms with Gasteiger partial charge in [-0.05, 0) is 17.2 Å². The molecule has 0 unspecified atom stereocenters. The van der Waals surface area contributed by atoms with Crippen LogP contribution in [0.25, 0.3) is 33.3 Å². The second kappa shape index (κ2) is 8.05. The summed E-state index contributed by atoms with van der Waals surface area (Å²) in [5, 5.41) is 10.8. The molecule has 6 nitrogen and oxygen atoms in total. The number of hydrogen-bond acceptors (Lipinski definition) is 6. The minimum atomic E-state index is 0.376. The predicted octanol–water partition coefficient (Wildman–Crippen LogP) is 4.25. The Bertz CT molecular complexity index is 1280. The quantitative estimate of drug-likeness (QED) is 0.546. The zero-order valence-corrected chi connectivity index (χ0v) is 17.0. The van der Waals surface area contributed by atoms with E-state index in [-0.39, 0.29) is 0 Å². The standard InChI is InChI=1S/C25H21N5O/c26-16-20-23-22(24(27)29-25(20)30-11-13-31-14-12-30)19(17-7-3-1-4-8-17)15-21(28-23)18-9-5-2-6-10-18/h1-10,15H,11-14H2,(H2,27,29). The van der Waals surface area contributed by atoms with Crippen molar-refractivity contribution >= 4 is 22.5 Å². The zero-order valence-electron chi connectivity index (χ0n) is 17.0. The lowest BCUT2D eigenvalue weighted by atomic mass is 9.97. The number of fused-ring (bicyclic) bond motifs is 1. The van der Waals surface area contributed by atoms with Gasteiger partial charge in [-0.3, -0.25) is 0 Å². The van der Waals surface area contributed by atoms with Crippen LogP contribution in [0, 0.1) is 11.3 Å². The van der Waals surface area contributed by atoms with Crippen molar-refractivity contribution in [1.82, 2.24) is 9.97 Å². The molecule has 0 aliphatic carbocycles. The van der Waals surface area contributed by atoms with Gasteiger partial charge in [0, 0.05) is 18.7 Å². The number of benzene rings is 2. The first-order chi connectivity index (χ1) is 15.3. The van der Waals surface area contributed by atoms with Crippen molar-refractivity contribution in [2.24, 2.45) is 0 Å². The van der Waals surface area contributed by atoms with Gasteiger partial charge >= 0.3 is 0 Å². The number of nitrogen functional groups attached to an aromatic ring is 1. The first kappa shape index (κ1) is 19.0. The van der Waals surface area contributed by atoms with E-state index in [2.05, 4.69) is 16.0 Å². The first-order valence-electron chi connectivity index (χ1n) is 10.2. The molecule has 1 saturated heterocycles. The number of ether oxygens (including phenoxy) is 1. The van der Waals surface area contributed by atoms with Crippen LogP contribution in [0.4, 0.5) is 11.6 Å².